The predicted molar refractivity (Wildman–Crippen MR) is 246 cm³/mol. The molecule has 0 fully saturated rings. The lowest BCUT2D eigenvalue weighted by Crippen LogP contribution is -2.32. The van der Waals surface area contributed by atoms with Gasteiger partial charge in [0.25, 0.3) is 0 Å². The number of rotatable bonds is 4. The van der Waals surface area contributed by atoms with Gasteiger partial charge >= 0.3 is 0 Å². The molecule has 0 unspecified atom stereocenters. The molecule has 9 aromatic rings. The van der Waals surface area contributed by atoms with Crippen LogP contribution in [0.2, 0.25) is 0 Å². The van der Waals surface area contributed by atoms with Crippen LogP contribution >= 0.6 is 11.8 Å². The van der Waals surface area contributed by atoms with E-state index in [0.717, 1.165) is 34.8 Å². The second-order valence-corrected chi connectivity index (χ2v) is 16.6. The van der Waals surface area contributed by atoms with Crippen LogP contribution in [0.3, 0.4) is 0 Å². The maximum atomic E-state index is 5.34. The molecular weight excluding hydrogens is 733 g/mol. The van der Waals surface area contributed by atoms with E-state index in [2.05, 4.69) is 206 Å². The Hall–Kier alpha value is -7.07. The minimum atomic E-state index is -0.499. The van der Waals surface area contributed by atoms with Crippen molar-refractivity contribution in [3.63, 3.8) is 0 Å². The molecule has 0 N–H and O–H groups in total. The molecule has 0 saturated heterocycles. The Balaban J connectivity index is 1.08. The van der Waals surface area contributed by atoms with Gasteiger partial charge in [-0.1, -0.05) is 206 Å². The normalized spacial score (nSPS) is 14.4. The molecule has 8 aromatic carbocycles. The molecule has 0 radical (unpaired) electrons. The molecule has 1 aliphatic heterocycles. The van der Waals surface area contributed by atoms with Gasteiger partial charge < -0.3 is 0 Å². The monoisotopic (exact) mass is 768 g/mol. The standard InChI is InChI=1S/C56H36N2S/c1-2-5-19-40(18-4-1)51-35-52(58-55(57-51)41-26-24-37(25-27-41)36-14-6-3-7-15-36)42-30-31-48-46(34-42)45-22-12-13-23-47(45)56(48)49-32-28-38-16-8-10-20-43(38)53(49)59-54-44-21-11-9-17-39(44)29-33-50(54)56/h1-18,20-35H,19H2. The summed E-state index contributed by atoms with van der Waals surface area (Å²) in [6.45, 7) is 0. The highest BCUT2D eigenvalue weighted by Gasteiger charge is 2.51. The summed E-state index contributed by atoms with van der Waals surface area (Å²) in [5.74, 6) is 0.721. The van der Waals surface area contributed by atoms with Gasteiger partial charge in [-0.15, -0.1) is 0 Å². The average molecular weight is 769 g/mol. The van der Waals surface area contributed by atoms with Crippen LogP contribution in [-0.2, 0) is 5.41 Å². The van der Waals surface area contributed by atoms with Gasteiger partial charge in [0.05, 0.1) is 16.8 Å². The molecule has 0 saturated carbocycles. The highest BCUT2D eigenvalue weighted by molar-refractivity contribution is 8.00. The van der Waals surface area contributed by atoms with Crippen molar-refractivity contribution in [2.75, 3.05) is 0 Å². The average Bonchev–Trinajstić information content (AvgIpc) is 3.42. The Kier molecular flexibility index (Phi) is 7.79. The van der Waals surface area contributed by atoms with Crippen LogP contribution in [0.4, 0.5) is 0 Å². The second kappa shape index (κ2) is 13.5. The molecule has 3 aliphatic rings. The molecule has 2 heterocycles. The molecule has 12 rings (SSSR count). The third-order valence-corrected chi connectivity index (χ3v) is 13.7. The molecule has 2 aliphatic carbocycles. The summed E-state index contributed by atoms with van der Waals surface area (Å²) in [7, 11) is 0. The quantitative estimate of drug-likeness (QED) is 0.178. The molecule has 0 bridgehead atoms. The van der Waals surface area contributed by atoms with E-state index < -0.39 is 5.41 Å². The Morgan fingerprint density at radius 2 is 1.02 bits per heavy atom. The topological polar surface area (TPSA) is 25.8 Å². The Bertz CT molecular complexity index is 3180. The fraction of sp³-hybridized carbons (Fsp3) is 0.0357. The van der Waals surface area contributed by atoms with Gasteiger partial charge in [-0.05, 0) is 90.2 Å². The van der Waals surface area contributed by atoms with E-state index in [1.807, 2.05) is 11.8 Å². The zero-order valence-electron chi connectivity index (χ0n) is 32.1. The van der Waals surface area contributed by atoms with Crippen LogP contribution in [0, 0.1) is 0 Å². The van der Waals surface area contributed by atoms with Gasteiger partial charge in [0, 0.05) is 20.9 Å². The van der Waals surface area contributed by atoms with E-state index in [9.17, 15) is 0 Å². The Morgan fingerprint density at radius 3 is 1.78 bits per heavy atom. The number of nitrogens with zero attached hydrogens (tertiary/aromatic N) is 2. The van der Waals surface area contributed by atoms with Crippen molar-refractivity contribution in [3.05, 3.63) is 234 Å². The van der Waals surface area contributed by atoms with E-state index in [4.69, 9.17) is 9.97 Å². The molecular formula is C56H36N2S. The number of hydrogen-bond donors (Lipinski definition) is 0. The summed E-state index contributed by atoms with van der Waals surface area (Å²) in [6.07, 6.45) is 11.5. The van der Waals surface area contributed by atoms with Crippen molar-refractivity contribution < 1.29 is 0 Å². The lowest BCUT2D eigenvalue weighted by atomic mass is 9.66. The fourth-order valence-electron chi connectivity index (χ4n) is 9.67. The van der Waals surface area contributed by atoms with Crippen LogP contribution in [0.5, 0.6) is 0 Å². The SMILES string of the molecule is C1=CC=C(c2cc(-c3ccc4c(c3)-c3ccccc3C43c4ccc5ccccc5c4Sc4c3ccc3ccccc43)nc(-c3ccc(-c4ccccc4)cc3)n2)CC=C1. The molecule has 276 valence electrons. The lowest BCUT2D eigenvalue weighted by molar-refractivity contribution is 0.729. The highest BCUT2D eigenvalue weighted by Crippen LogP contribution is 2.64. The summed E-state index contributed by atoms with van der Waals surface area (Å²) < 4.78 is 0. The summed E-state index contributed by atoms with van der Waals surface area (Å²) in [5, 5.41) is 5.12. The smallest absolute Gasteiger partial charge is 0.160 e. The van der Waals surface area contributed by atoms with Crippen molar-refractivity contribution in [1.29, 1.82) is 0 Å². The first kappa shape index (κ1) is 34.0. The molecule has 2 nitrogen and oxygen atoms in total. The number of hydrogen-bond acceptors (Lipinski definition) is 3. The summed E-state index contributed by atoms with van der Waals surface area (Å²) >= 11 is 1.94. The van der Waals surface area contributed by atoms with Crippen molar-refractivity contribution >= 4 is 38.9 Å². The maximum absolute atomic E-state index is 5.34. The van der Waals surface area contributed by atoms with Gasteiger partial charge in [0.15, 0.2) is 5.82 Å². The van der Waals surface area contributed by atoms with Crippen LogP contribution in [0.25, 0.3) is 72.0 Å². The number of aromatic nitrogens is 2. The first-order valence-corrected chi connectivity index (χ1v) is 21.1. The van der Waals surface area contributed by atoms with E-state index >= 15 is 0 Å². The molecule has 0 atom stereocenters. The van der Waals surface area contributed by atoms with Gasteiger partial charge in [-0.3, -0.25) is 0 Å². The first-order chi connectivity index (χ1) is 29.2. The first-order valence-electron chi connectivity index (χ1n) is 20.3. The van der Waals surface area contributed by atoms with E-state index in [0.29, 0.717) is 0 Å². The van der Waals surface area contributed by atoms with Crippen molar-refractivity contribution in [2.45, 2.75) is 21.6 Å². The minimum absolute atomic E-state index is 0.499. The van der Waals surface area contributed by atoms with E-state index in [1.165, 1.54) is 81.4 Å². The van der Waals surface area contributed by atoms with Crippen LogP contribution in [0.1, 0.15) is 34.4 Å². The van der Waals surface area contributed by atoms with Crippen LogP contribution < -0.4 is 0 Å². The third kappa shape index (κ3) is 5.28. The Morgan fingerprint density at radius 1 is 0.424 bits per heavy atom. The van der Waals surface area contributed by atoms with Gasteiger partial charge in [0.1, 0.15) is 0 Å². The third-order valence-electron chi connectivity index (χ3n) is 12.4. The van der Waals surface area contributed by atoms with E-state index in [-0.39, 0.29) is 0 Å². The number of allylic oxidation sites excluding steroid dienone is 6. The van der Waals surface area contributed by atoms with Crippen molar-refractivity contribution in [2.24, 2.45) is 0 Å². The highest BCUT2D eigenvalue weighted by atomic mass is 32.2. The summed E-state index contributed by atoms with van der Waals surface area (Å²) in [4.78, 5) is 13.2. The van der Waals surface area contributed by atoms with E-state index in [1.54, 1.807) is 0 Å². The lowest BCUT2D eigenvalue weighted by Gasteiger charge is -2.40. The van der Waals surface area contributed by atoms with Crippen LogP contribution in [-0.4, -0.2) is 9.97 Å². The maximum Gasteiger partial charge on any atom is 0.160 e. The zero-order valence-corrected chi connectivity index (χ0v) is 33.0. The largest absolute Gasteiger partial charge is 0.228 e. The fourth-order valence-corrected chi connectivity index (χ4v) is 11.1. The van der Waals surface area contributed by atoms with Gasteiger partial charge in [-0.25, -0.2) is 9.97 Å². The summed E-state index contributed by atoms with van der Waals surface area (Å²) in [5.41, 5.74) is 14.8. The number of fused-ring (bicyclic) bond motifs is 13. The predicted octanol–water partition coefficient (Wildman–Crippen LogP) is 14.5. The minimum Gasteiger partial charge on any atom is -0.228 e. The van der Waals surface area contributed by atoms with Crippen molar-refractivity contribution in [3.8, 4) is 44.9 Å². The summed E-state index contributed by atoms with van der Waals surface area (Å²) in [6, 6.07) is 64.7. The molecule has 1 spiro atoms. The second-order valence-electron chi connectivity index (χ2n) is 15.6. The molecule has 1 aromatic heterocycles. The van der Waals surface area contributed by atoms with Gasteiger partial charge in [0.2, 0.25) is 0 Å². The van der Waals surface area contributed by atoms with Crippen molar-refractivity contribution in [1.82, 2.24) is 9.97 Å². The number of benzene rings is 8. The van der Waals surface area contributed by atoms with Crippen LogP contribution in [0.15, 0.2) is 216 Å². The molecule has 3 heteroatoms. The zero-order chi connectivity index (χ0) is 38.9. The van der Waals surface area contributed by atoms with Gasteiger partial charge in [-0.2, -0.15) is 0 Å². The molecule has 0 amide bonds. The Labute approximate surface area is 348 Å². The molecule has 59 heavy (non-hydrogen) atoms.